The van der Waals surface area contributed by atoms with E-state index >= 15 is 0 Å². The van der Waals surface area contributed by atoms with E-state index in [0.717, 1.165) is 17.8 Å². The molecule has 2 aromatic carbocycles. The van der Waals surface area contributed by atoms with Crippen molar-refractivity contribution in [3.63, 3.8) is 0 Å². The summed E-state index contributed by atoms with van der Waals surface area (Å²) in [5, 5.41) is 6.62. The molecule has 3 rings (SSSR count). The van der Waals surface area contributed by atoms with Crippen LogP contribution in [0, 0.1) is 6.92 Å². The Kier molecular flexibility index (Phi) is 5.49. The summed E-state index contributed by atoms with van der Waals surface area (Å²) >= 11 is 6.00. The van der Waals surface area contributed by atoms with Crippen LogP contribution in [0.3, 0.4) is 0 Å². The Morgan fingerprint density at radius 2 is 1.81 bits per heavy atom. The molecule has 132 valence electrons. The van der Waals surface area contributed by atoms with Crippen molar-refractivity contribution in [2.75, 3.05) is 10.6 Å². The lowest BCUT2D eigenvalue weighted by Gasteiger charge is -2.10. The smallest absolute Gasteiger partial charge is 0.274 e. The van der Waals surface area contributed by atoms with Crippen LogP contribution in [0.25, 0.3) is 0 Å². The van der Waals surface area contributed by atoms with E-state index < -0.39 is 0 Å². The van der Waals surface area contributed by atoms with E-state index in [1.165, 1.54) is 5.56 Å². The molecule has 0 aliphatic carbocycles. The van der Waals surface area contributed by atoms with Crippen molar-refractivity contribution in [1.82, 2.24) is 9.97 Å². The van der Waals surface area contributed by atoms with Gasteiger partial charge in [-0.2, -0.15) is 0 Å². The molecule has 0 aliphatic rings. The molecule has 26 heavy (non-hydrogen) atoms. The molecule has 5 nitrogen and oxygen atoms in total. The third kappa shape index (κ3) is 4.58. The van der Waals surface area contributed by atoms with Crippen LogP contribution < -0.4 is 10.6 Å². The fourth-order valence-corrected chi connectivity index (χ4v) is 2.67. The normalized spacial score (nSPS) is 10.4. The number of aromatic nitrogens is 2. The Balaban J connectivity index is 1.78. The first-order chi connectivity index (χ1) is 12.5. The van der Waals surface area contributed by atoms with Gasteiger partial charge in [-0.15, -0.1) is 0 Å². The van der Waals surface area contributed by atoms with Crippen LogP contribution in [-0.2, 0) is 6.42 Å². The van der Waals surface area contributed by atoms with E-state index in [0.29, 0.717) is 22.4 Å². The molecule has 0 aliphatic heterocycles. The van der Waals surface area contributed by atoms with Gasteiger partial charge in [0.2, 0.25) is 0 Å². The average Bonchev–Trinajstić information content (AvgIpc) is 2.62. The van der Waals surface area contributed by atoms with Gasteiger partial charge in [0.15, 0.2) is 0 Å². The summed E-state index contributed by atoms with van der Waals surface area (Å²) in [6.07, 6.45) is 0.956. The van der Waals surface area contributed by atoms with Crippen molar-refractivity contribution < 1.29 is 4.79 Å². The molecular formula is C20H19ClN4O. The number of nitrogens with one attached hydrogen (secondary N) is 2. The van der Waals surface area contributed by atoms with Crippen LogP contribution in [0.2, 0.25) is 5.02 Å². The van der Waals surface area contributed by atoms with Crippen LogP contribution in [0.4, 0.5) is 17.2 Å². The van der Waals surface area contributed by atoms with E-state index in [9.17, 15) is 4.79 Å². The highest BCUT2D eigenvalue weighted by molar-refractivity contribution is 6.30. The van der Waals surface area contributed by atoms with Crippen molar-refractivity contribution in [2.24, 2.45) is 0 Å². The van der Waals surface area contributed by atoms with E-state index in [2.05, 4.69) is 27.5 Å². The number of hydrogen-bond donors (Lipinski definition) is 2. The Labute approximate surface area is 157 Å². The van der Waals surface area contributed by atoms with Crippen molar-refractivity contribution in [2.45, 2.75) is 20.3 Å². The van der Waals surface area contributed by atoms with Gasteiger partial charge in [-0.25, -0.2) is 9.97 Å². The van der Waals surface area contributed by atoms with E-state index in [4.69, 9.17) is 11.6 Å². The van der Waals surface area contributed by atoms with Gasteiger partial charge in [0, 0.05) is 22.5 Å². The van der Waals surface area contributed by atoms with Gasteiger partial charge in [-0.05, 0) is 49.2 Å². The van der Waals surface area contributed by atoms with Gasteiger partial charge in [0.05, 0.1) is 0 Å². The summed E-state index contributed by atoms with van der Waals surface area (Å²) in [4.78, 5) is 21.1. The second kappa shape index (κ2) is 7.97. The number of aryl methyl sites for hydroxylation is 2. The van der Waals surface area contributed by atoms with E-state index in [1.807, 2.05) is 36.4 Å². The first-order valence-corrected chi connectivity index (χ1v) is 8.70. The molecule has 0 radical (unpaired) electrons. The summed E-state index contributed by atoms with van der Waals surface area (Å²) in [7, 11) is 0. The summed E-state index contributed by atoms with van der Waals surface area (Å²) < 4.78 is 0. The van der Waals surface area contributed by atoms with Gasteiger partial charge in [-0.1, -0.05) is 36.7 Å². The first-order valence-electron chi connectivity index (χ1n) is 8.32. The third-order valence-electron chi connectivity index (χ3n) is 3.79. The predicted octanol–water partition coefficient (Wildman–Crippen LogP) is 5.00. The van der Waals surface area contributed by atoms with Crippen LogP contribution in [0.1, 0.15) is 28.8 Å². The van der Waals surface area contributed by atoms with Gasteiger partial charge in [0.1, 0.15) is 17.3 Å². The first kappa shape index (κ1) is 17.9. The molecule has 0 fully saturated rings. The Morgan fingerprint density at radius 1 is 1.04 bits per heavy atom. The minimum atomic E-state index is -0.283. The summed E-state index contributed by atoms with van der Waals surface area (Å²) in [5.74, 6) is 0.753. The minimum Gasteiger partial charge on any atom is -0.340 e. The van der Waals surface area contributed by atoms with Crippen molar-refractivity contribution >= 4 is 34.7 Å². The Hall–Kier alpha value is -2.92. The predicted molar refractivity (Wildman–Crippen MR) is 105 cm³/mol. The zero-order valence-corrected chi connectivity index (χ0v) is 15.3. The zero-order chi connectivity index (χ0) is 18.5. The Morgan fingerprint density at radius 3 is 2.50 bits per heavy atom. The lowest BCUT2D eigenvalue weighted by atomic mass is 10.1. The fourth-order valence-electron chi connectivity index (χ4n) is 2.48. The van der Waals surface area contributed by atoms with Crippen molar-refractivity contribution in [3.05, 3.63) is 76.7 Å². The minimum absolute atomic E-state index is 0.283. The summed E-state index contributed by atoms with van der Waals surface area (Å²) in [6, 6.07) is 16.7. The molecule has 2 N–H and O–H groups in total. The number of rotatable bonds is 5. The number of carbonyl (C=O) groups excluding carboxylic acids is 1. The standard InChI is InChI=1S/C20H19ClN4O/c1-3-14-7-9-16(10-8-14)25-20(26)18-12-19(23-13(2)22-18)24-17-6-4-5-15(21)11-17/h4-12H,3H2,1-2H3,(H,25,26)(H,22,23,24). The quantitative estimate of drug-likeness (QED) is 0.667. The van der Waals surface area contributed by atoms with Gasteiger partial charge < -0.3 is 10.6 Å². The van der Waals surface area contributed by atoms with Gasteiger partial charge in [-0.3, -0.25) is 4.79 Å². The van der Waals surface area contributed by atoms with Crippen LogP contribution in [-0.4, -0.2) is 15.9 Å². The molecular weight excluding hydrogens is 348 g/mol. The van der Waals surface area contributed by atoms with Gasteiger partial charge in [0.25, 0.3) is 5.91 Å². The molecule has 6 heteroatoms. The number of halogens is 1. The number of hydrogen-bond acceptors (Lipinski definition) is 4. The molecule has 1 aromatic heterocycles. The fraction of sp³-hybridized carbons (Fsp3) is 0.150. The average molecular weight is 367 g/mol. The molecule has 0 spiro atoms. The van der Waals surface area contributed by atoms with E-state index in [1.54, 1.807) is 25.1 Å². The summed E-state index contributed by atoms with van der Waals surface area (Å²) in [5.41, 5.74) is 3.03. The largest absolute Gasteiger partial charge is 0.340 e. The van der Waals surface area contributed by atoms with Crippen LogP contribution in [0.5, 0.6) is 0 Å². The topological polar surface area (TPSA) is 66.9 Å². The maximum atomic E-state index is 12.5. The maximum absolute atomic E-state index is 12.5. The highest BCUT2D eigenvalue weighted by Gasteiger charge is 2.11. The zero-order valence-electron chi connectivity index (χ0n) is 14.6. The maximum Gasteiger partial charge on any atom is 0.274 e. The Bertz CT molecular complexity index is 925. The van der Waals surface area contributed by atoms with Crippen molar-refractivity contribution in [1.29, 1.82) is 0 Å². The molecule has 0 bridgehead atoms. The van der Waals surface area contributed by atoms with Crippen molar-refractivity contribution in [3.8, 4) is 0 Å². The molecule has 3 aromatic rings. The molecule has 0 unspecified atom stereocenters. The molecule has 0 saturated heterocycles. The number of nitrogens with zero attached hydrogens (tertiary/aromatic N) is 2. The van der Waals surface area contributed by atoms with Gasteiger partial charge >= 0.3 is 0 Å². The summed E-state index contributed by atoms with van der Waals surface area (Å²) in [6.45, 7) is 3.83. The van der Waals surface area contributed by atoms with Crippen LogP contribution >= 0.6 is 11.6 Å². The second-order valence-electron chi connectivity index (χ2n) is 5.83. The molecule has 0 saturated carbocycles. The highest BCUT2D eigenvalue weighted by atomic mass is 35.5. The monoisotopic (exact) mass is 366 g/mol. The van der Waals surface area contributed by atoms with E-state index in [-0.39, 0.29) is 5.91 Å². The lowest BCUT2D eigenvalue weighted by molar-refractivity contribution is 0.102. The molecule has 1 heterocycles. The lowest BCUT2D eigenvalue weighted by Crippen LogP contribution is -2.15. The molecule has 1 amide bonds. The third-order valence-corrected chi connectivity index (χ3v) is 4.02. The highest BCUT2D eigenvalue weighted by Crippen LogP contribution is 2.20. The molecule has 0 atom stereocenters. The number of amides is 1. The number of benzene rings is 2. The second-order valence-corrected chi connectivity index (χ2v) is 6.26. The van der Waals surface area contributed by atoms with Crippen LogP contribution in [0.15, 0.2) is 54.6 Å². The number of carbonyl (C=O) groups is 1. The SMILES string of the molecule is CCc1ccc(NC(=O)c2cc(Nc3cccc(Cl)c3)nc(C)n2)cc1. The number of anilines is 3.